The number of amides is 1. The molecule has 1 N–H and O–H groups in total. The van der Waals surface area contributed by atoms with Crippen LogP contribution >= 0.6 is 11.3 Å². The van der Waals surface area contributed by atoms with Crippen molar-refractivity contribution in [2.45, 2.75) is 32.6 Å². The number of carbonyl (C=O) groups is 2. The third kappa shape index (κ3) is 5.50. The molecule has 0 radical (unpaired) electrons. The number of hydrogen-bond donors (Lipinski definition) is 1. The van der Waals surface area contributed by atoms with Gasteiger partial charge in [-0.2, -0.15) is 0 Å². The standard InChI is InChI=1S/C22H27NO5S/c1-14-4-7-19-16(10-14)12-20(29-19)22(25)28-13-21(24)23-9-8-15-5-6-17(26-2)18(11-15)27-3/h5-6,11-12,14H,4,7-10,13H2,1-3H3,(H,23,24)/t14-/m0/s1. The van der Waals surface area contributed by atoms with E-state index in [0.29, 0.717) is 35.3 Å². The van der Waals surface area contributed by atoms with Crippen LogP contribution in [0.2, 0.25) is 0 Å². The minimum atomic E-state index is -0.424. The maximum atomic E-state index is 12.3. The Kier molecular flexibility index (Phi) is 7.14. The number of aryl methyl sites for hydroxylation is 1. The van der Waals surface area contributed by atoms with Gasteiger partial charge >= 0.3 is 5.97 Å². The van der Waals surface area contributed by atoms with Gasteiger partial charge in [0.05, 0.1) is 14.2 Å². The second-order valence-electron chi connectivity index (χ2n) is 7.27. The van der Waals surface area contributed by atoms with E-state index in [1.165, 1.54) is 21.8 Å². The molecule has 0 saturated heterocycles. The van der Waals surface area contributed by atoms with Crippen molar-refractivity contribution in [1.29, 1.82) is 0 Å². The van der Waals surface area contributed by atoms with Crippen LogP contribution < -0.4 is 14.8 Å². The van der Waals surface area contributed by atoms with Gasteiger partial charge in [0.25, 0.3) is 5.91 Å². The summed E-state index contributed by atoms with van der Waals surface area (Å²) in [6.07, 6.45) is 3.82. The first-order valence-electron chi connectivity index (χ1n) is 9.76. The molecule has 0 saturated carbocycles. The molecule has 1 amide bonds. The van der Waals surface area contributed by atoms with E-state index in [0.717, 1.165) is 24.8 Å². The smallest absolute Gasteiger partial charge is 0.348 e. The Hall–Kier alpha value is -2.54. The zero-order valence-corrected chi connectivity index (χ0v) is 17.9. The Balaban J connectivity index is 1.43. The maximum Gasteiger partial charge on any atom is 0.348 e. The minimum Gasteiger partial charge on any atom is -0.493 e. The Morgan fingerprint density at radius 3 is 2.72 bits per heavy atom. The molecule has 1 atom stereocenters. The largest absolute Gasteiger partial charge is 0.493 e. The lowest BCUT2D eigenvalue weighted by Crippen LogP contribution is -2.30. The maximum absolute atomic E-state index is 12.3. The van der Waals surface area contributed by atoms with Crippen molar-refractivity contribution in [3.8, 4) is 11.5 Å². The summed E-state index contributed by atoms with van der Waals surface area (Å²) in [5.41, 5.74) is 2.26. The van der Waals surface area contributed by atoms with Crippen LogP contribution in [0.5, 0.6) is 11.5 Å². The summed E-state index contributed by atoms with van der Waals surface area (Å²) in [6.45, 7) is 2.39. The molecule has 156 valence electrons. The fraction of sp³-hybridized carbons (Fsp3) is 0.455. The Morgan fingerprint density at radius 1 is 1.17 bits per heavy atom. The molecule has 0 aliphatic heterocycles. The predicted octanol–water partition coefficient (Wildman–Crippen LogP) is 3.41. The van der Waals surface area contributed by atoms with Crippen molar-refractivity contribution in [2.24, 2.45) is 5.92 Å². The topological polar surface area (TPSA) is 73.9 Å². The van der Waals surface area contributed by atoms with E-state index in [9.17, 15) is 9.59 Å². The van der Waals surface area contributed by atoms with Crippen molar-refractivity contribution in [3.05, 3.63) is 45.1 Å². The molecular weight excluding hydrogens is 390 g/mol. The Labute approximate surface area is 175 Å². The second kappa shape index (κ2) is 9.78. The van der Waals surface area contributed by atoms with Crippen molar-refractivity contribution < 1.29 is 23.8 Å². The second-order valence-corrected chi connectivity index (χ2v) is 8.41. The lowest BCUT2D eigenvalue weighted by molar-refractivity contribution is -0.124. The predicted molar refractivity (Wildman–Crippen MR) is 112 cm³/mol. The van der Waals surface area contributed by atoms with Gasteiger partial charge in [0.15, 0.2) is 18.1 Å². The van der Waals surface area contributed by atoms with Crippen LogP contribution in [0.25, 0.3) is 0 Å². The van der Waals surface area contributed by atoms with Crippen molar-refractivity contribution in [3.63, 3.8) is 0 Å². The van der Waals surface area contributed by atoms with E-state index in [1.54, 1.807) is 14.2 Å². The fourth-order valence-electron chi connectivity index (χ4n) is 3.44. The third-order valence-electron chi connectivity index (χ3n) is 5.05. The molecule has 29 heavy (non-hydrogen) atoms. The molecule has 0 fully saturated rings. The zero-order chi connectivity index (χ0) is 20.8. The van der Waals surface area contributed by atoms with Crippen LogP contribution in [0.1, 0.15) is 39.0 Å². The van der Waals surface area contributed by atoms with Gasteiger partial charge in [0.2, 0.25) is 0 Å². The summed E-state index contributed by atoms with van der Waals surface area (Å²) in [5.74, 6) is 1.23. The first-order chi connectivity index (χ1) is 14.0. The summed E-state index contributed by atoms with van der Waals surface area (Å²) >= 11 is 1.49. The average Bonchev–Trinajstić information content (AvgIpc) is 3.15. The average molecular weight is 418 g/mol. The number of fused-ring (bicyclic) bond motifs is 1. The number of benzene rings is 1. The minimum absolute atomic E-state index is 0.274. The van der Waals surface area contributed by atoms with Gasteiger partial charge in [-0.15, -0.1) is 11.3 Å². The summed E-state index contributed by atoms with van der Waals surface area (Å²) in [5, 5.41) is 2.77. The van der Waals surface area contributed by atoms with Gasteiger partial charge in [0, 0.05) is 11.4 Å². The molecule has 2 aromatic rings. The van der Waals surface area contributed by atoms with Gasteiger partial charge in [0.1, 0.15) is 4.88 Å². The van der Waals surface area contributed by atoms with Crippen LogP contribution in [-0.2, 0) is 28.8 Å². The van der Waals surface area contributed by atoms with Crippen molar-refractivity contribution in [2.75, 3.05) is 27.4 Å². The first kappa shape index (κ1) is 21.2. The van der Waals surface area contributed by atoms with Gasteiger partial charge in [-0.05, 0) is 60.9 Å². The number of methoxy groups -OCH3 is 2. The quantitative estimate of drug-likeness (QED) is 0.667. The third-order valence-corrected chi connectivity index (χ3v) is 6.27. The Morgan fingerprint density at radius 2 is 1.97 bits per heavy atom. The van der Waals surface area contributed by atoms with Crippen molar-refractivity contribution >= 4 is 23.2 Å². The molecule has 0 spiro atoms. The highest BCUT2D eigenvalue weighted by Gasteiger charge is 2.21. The lowest BCUT2D eigenvalue weighted by atomic mass is 9.90. The van der Waals surface area contributed by atoms with E-state index >= 15 is 0 Å². The van der Waals surface area contributed by atoms with E-state index in [2.05, 4.69) is 12.2 Å². The SMILES string of the molecule is COc1ccc(CCNC(=O)COC(=O)c2cc3c(s2)CC[C@H](C)C3)cc1OC. The molecular formula is C22H27NO5S. The van der Waals surface area contributed by atoms with E-state index in [1.807, 2.05) is 24.3 Å². The summed E-state index contributed by atoms with van der Waals surface area (Å²) in [7, 11) is 3.17. The van der Waals surface area contributed by atoms with E-state index < -0.39 is 5.97 Å². The van der Waals surface area contributed by atoms with Gasteiger partial charge in [-0.3, -0.25) is 4.79 Å². The van der Waals surface area contributed by atoms with E-state index in [-0.39, 0.29) is 12.5 Å². The lowest BCUT2D eigenvalue weighted by Gasteiger charge is -2.16. The number of hydrogen-bond acceptors (Lipinski definition) is 6. The van der Waals surface area contributed by atoms with Crippen LogP contribution in [0.3, 0.4) is 0 Å². The molecule has 3 rings (SSSR count). The number of esters is 1. The van der Waals surface area contributed by atoms with Crippen LogP contribution in [0.4, 0.5) is 0 Å². The Bertz CT molecular complexity index is 876. The molecule has 6 nitrogen and oxygen atoms in total. The highest BCUT2D eigenvalue weighted by molar-refractivity contribution is 7.14. The molecule has 1 heterocycles. The van der Waals surface area contributed by atoms with Crippen LogP contribution in [0, 0.1) is 5.92 Å². The summed E-state index contributed by atoms with van der Waals surface area (Å²) in [6, 6.07) is 7.56. The van der Waals surface area contributed by atoms with E-state index in [4.69, 9.17) is 14.2 Å². The van der Waals surface area contributed by atoms with Crippen molar-refractivity contribution in [1.82, 2.24) is 5.32 Å². The van der Waals surface area contributed by atoms with Crippen LogP contribution in [-0.4, -0.2) is 39.2 Å². The summed E-state index contributed by atoms with van der Waals surface area (Å²) < 4.78 is 15.7. The molecule has 0 bridgehead atoms. The first-order valence-corrected chi connectivity index (χ1v) is 10.6. The highest BCUT2D eigenvalue weighted by atomic mass is 32.1. The van der Waals surface area contributed by atoms with Gasteiger partial charge in [-0.1, -0.05) is 13.0 Å². The van der Waals surface area contributed by atoms with Gasteiger partial charge < -0.3 is 19.5 Å². The number of thiophene rings is 1. The monoisotopic (exact) mass is 417 g/mol. The van der Waals surface area contributed by atoms with Gasteiger partial charge in [-0.25, -0.2) is 4.79 Å². The normalized spacial score (nSPS) is 15.3. The number of nitrogens with one attached hydrogen (secondary N) is 1. The zero-order valence-electron chi connectivity index (χ0n) is 17.1. The molecule has 7 heteroatoms. The molecule has 1 aliphatic carbocycles. The number of ether oxygens (including phenoxy) is 3. The highest BCUT2D eigenvalue weighted by Crippen LogP contribution is 2.32. The fourth-order valence-corrected chi connectivity index (χ4v) is 4.54. The molecule has 1 aromatic carbocycles. The van der Waals surface area contributed by atoms with Crippen LogP contribution in [0.15, 0.2) is 24.3 Å². The number of carbonyl (C=O) groups excluding carboxylic acids is 2. The molecule has 1 aromatic heterocycles. The molecule has 1 aliphatic rings. The number of rotatable bonds is 8. The summed E-state index contributed by atoms with van der Waals surface area (Å²) in [4.78, 5) is 26.1. The molecule has 0 unspecified atom stereocenters.